The minimum atomic E-state index is -0.545. The quantitative estimate of drug-likeness (QED) is 0.746. The molecule has 0 saturated carbocycles. The van der Waals surface area contributed by atoms with Crippen molar-refractivity contribution in [2.75, 3.05) is 38.7 Å². The van der Waals surface area contributed by atoms with Gasteiger partial charge in [-0.15, -0.1) is 0 Å². The summed E-state index contributed by atoms with van der Waals surface area (Å²) in [7, 11) is 1.45. The van der Waals surface area contributed by atoms with E-state index in [1.807, 2.05) is 0 Å². The molecule has 6 nitrogen and oxygen atoms in total. The number of carbonyl (C=O) groups is 1. The summed E-state index contributed by atoms with van der Waals surface area (Å²) >= 11 is 0. The number of nitrogens with zero attached hydrogens (tertiary/aromatic N) is 1. The van der Waals surface area contributed by atoms with E-state index in [4.69, 9.17) is 4.74 Å². The number of halogens is 1. The zero-order chi connectivity index (χ0) is 16.7. The lowest BCUT2D eigenvalue weighted by Crippen LogP contribution is -2.46. The van der Waals surface area contributed by atoms with Crippen LogP contribution in [0.1, 0.15) is 19.3 Å². The maximum Gasteiger partial charge on any atom is 0.319 e. The topological polar surface area (TPSA) is 73.8 Å². The standard InChI is InChI=1S/C16H24FN3O3/c1-23-13-5-6-15(14(17)10-13)19-16(22)18-7-9-20-8-3-2-4-12(20)11-21/h5-6,10,12,21H,2-4,7-9,11H2,1H3,(H2,18,19,22). The number of hydrogen-bond donors (Lipinski definition) is 3. The van der Waals surface area contributed by atoms with Gasteiger partial charge in [0.25, 0.3) is 0 Å². The van der Waals surface area contributed by atoms with E-state index in [9.17, 15) is 14.3 Å². The summed E-state index contributed by atoms with van der Waals surface area (Å²) in [6, 6.07) is 3.98. The minimum absolute atomic E-state index is 0.106. The van der Waals surface area contributed by atoms with E-state index in [0.717, 1.165) is 25.8 Å². The minimum Gasteiger partial charge on any atom is -0.497 e. The summed E-state index contributed by atoms with van der Waals surface area (Å²) in [5.41, 5.74) is 0.106. The lowest BCUT2D eigenvalue weighted by molar-refractivity contribution is 0.0917. The van der Waals surface area contributed by atoms with Gasteiger partial charge < -0.3 is 20.5 Å². The molecule has 2 amide bonds. The van der Waals surface area contributed by atoms with Crippen LogP contribution in [-0.4, -0.2) is 55.4 Å². The smallest absolute Gasteiger partial charge is 0.319 e. The number of piperidine rings is 1. The number of hydrogen-bond acceptors (Lipinski definition) is 4. The van der Waals surface area contributed by atoms with Crippen molar-refractivity contribution < 1.29 is 19.0 Å². The van der Waals surface area contributed by atoms with Crippen molar-refractivity contribution in [1.29, 1.82) is 0 Å². The SMILES string of the molecule is COc1ccc(NC(=O)NCCN2CCCCC2CO)c(F)c1. The van der Waals surface area contributed by atoms with Crippen molar-refractivity contribution in [1.82, 2.24) is 10.2 Å². The summed E-state index contributed by atoms with van der Waals surface area (Å²) < 4.78 is 18.7. The average Bonchev–Trinajstić information content (AvgIpc) is 2.57. The normalized spacial score (nSPS) is 18.5. The number of nitrogens with one attached hydrogen (secondary N) is 2. The fourth-order valence-electron chi connectivity index (χ4n) is 2.76. The fourth-order valence-corrected chi connectivity index (χ4v) is 2.76. The molecule has 1 saturated heterocycles. The van der Waals surface area contributed by atoms with Gasteiger partial charge in [0, 0.05) is 25.2 Å². The Labute approximate surface area is 135 Å². The summed E-state index contributed by atoms with van der Waals surface area (Å²) in [5.74, 6) is -0.149. The third-order valence-corrected chi connectivity index (χ3v) is 4.07. The van der Waals surface area contributed by atoms with E-state index in [1.165, 1.54) is 19.2 Å². The van der Waals surface area contributed by atoms with E-state index in [0.29, 0.717) is 18.8 Å². The van der Waals surface area contributed by atoms with Gasteiger partial charge in [0.05, 0.1) is 19.4 Å². The lowest BCUT2D eigenvalue weighted by Gasteiger charge is -2.34. The molecule has 1 aliphatic rings. The first-order valence-corrected chi connectivity index (χ1v) is 7.87. The number of aliphatic hydroxyl groups excluding tert-OH is 1. The number of aliphatic hydroxyl groups is 1. The summed E-state index contributed by atoms with van der Waals surface area (Å²) in [6.07, 6.45) is 3.23. The van der Waals surface area contributed by atoms with Gasteiger partial charge >= 0.3 is 6.03 Å². The average molecular weight is 325 g/mol. The molecule has 3 N–H and O–H groups in total. The molecule has 1 unspecified atom stereocenters. The van der Waals surface area contributed by atoms with Gasteiger partial charge in [-0.2, -0.15) is 0 Å². The molecule has 1 aliphatic heterocycles. The zero-order valence-electron chi connectivity index (χ0n) is 13.3. The van der Waals surface area contributed by atoms with Crippen LogP contribution in [0.2, 0.25) is 0 Å². The molecule has 1 fully saturated rings. The van der Waals surface area contributed by atoms with Crippen LogP contribution in [0.15, 0.2) is 18.2 Å². The van der Waals surface area contributed by atoms with Crippen molar-refractivity contribution >= 4 is 11.7 Å². The lowest BCUT2D eigenvalue weighted by atomic mass is 10.0. The predicted molar refractivity (Wildman–Crippen MR) is 86.3 cm³/mol. The molecule has 0 radical (unpaired) electrons. The predicted octanol–water partition coefficient (Wildman–Crippen LogP) is 1.80. The van der Waals surface area contributed by atoms with E-state index in [1.54, 1.807) is 6.07 Å². The van der Waals surface area contributed by atoms with Gasteiger partial charge in [0.15, 0.2) is 0 Å². The molecule has 2 rings (SSSR count). The van der Waals surface area contributed by atoms with Gasteiger partial charge in [-0.3, -0.25) is 4.90 Å². The van der Waals surface area contributed by atoms with E-state index in [2.05, 4.69) is 15.5 Å². The first-order chi connectivity index (χ1) is 11.1. The monoisotopic (exact) mass is 325 g/mol. The number of ether oxygens (including phenoxy) is 1. The van der Waals surface area contributed by atoms with Crippen LogP contribution in [0.3, 0.4) is 0 Å². The number of benzene rings is 1. The maximum absolute atomic E-state index is 13.7. The van der Waals surface area contributed by atoms with Crippen LogP contribution in [-0.2, 0) is 0 Å². The molecule has 0 spiro atoms. The molecule has 7 heteroatoms. The van der Waals surface area contributed by atoms with Gasteiger partial charge in [-0.1, -0.05) is 6.42 Å². The molecular formula is C16H24FN3O3. The molecule has 23 heavy (non-hydrogen) atoms. The zero-order valence-corrected chi connectivity index (χ0v) is 13.3. The van der Waals surface area contributed by atoms with E-state index >= 15 is 0 Å². The number of likely N-dealkylation sites (tertiary alicyclic amines) is 1. The Morgan fingerprint density at radius 3 is 3.00 bits per heavy atom. The second-order valence-electron chi connectivity index (χ2n) is 5.59. The summed E-state index contributed by atoms with van der Waals surface area (Å²) in [5, 5.41) is 14.5. The number of methoxy groups -OCH3 is 1. The van der Waals surface area contributed by atoms with Crippen molar-refractivity contribution in [3.63, 3.8) is 0 Å². The molecule has 1 heterocycles. The molecule has 0 aromatic heterocycles. The van der Waals surface area contributed by atoms with Crippen molar-refractivity contribution in [2.45, 2.75) is 25.3 Å². The van der Waals surface area contributed by atoms with E-state index < -0.39 is 11.8 Å². The summed E-state index contributed by atoms with van der Waals surface area (Å²) in [6.45, 7) is 2.19. The van der Waals surface area contributed by atoms with Crippen LogP contribution < -0.4 is 15.4 Å². The van der Waals surface area contributed by atoms with Crippen molar-refractivity contribution in [3.8, 4) is 5.75 Å². The largest absolute Gasteiger partial charge is 0.497 e. The first kappa shape index (κ1) is 17.5. The number of amides is 2. The molecule has 1 aromatic carbocycles. The van der Waals surface area contributed by atoms with E-state index in [-0.39, 0.29) is 18.3 Å². The molecular weight excluding hydrogens is 301 g/mol. The highest BCUT2D eigenvalue weighted by Gasteiger charge is 2.21. The Hall–Kier alpha value is -1.86. The molecule has 1 aromatic rings. The maximum atomic E-state index is 13.7. The second-order valence-corrected chi connectivity index (χ2v) is 5.59. The Bertz CT molecular complexity index is 527. The van der Waals surface area contributed by atoms with Crippen LogP contribution in [0, 0.1) is 5.82 Å². The van der Waals surface area contributed by atoms with Crippen LogP contribution >= 0.6 is 0 Å². The highest BCUT2D eigenvalue weighted by Crippen LogP contribution is 2.20. The first-order valence-electron chi connectivity index (χ1n) is 7.87. The Morgan fingerprint density at radius 2 is 2.30 bits per heavy atom. The Balaban J connectivity index is 1.76. The second kappa shape index (κ2) is 8.69. The van der Waals surface area contributed by atoms with Crippen LogP contribution in [0.4, 0.5) is 14.9 Å². The van der Waals surface area contributed by atoms with Gasteiger partial charge in [-0.25, -0.2) is 9.18 Å². The Kier molecular flexibility index (Phi) is 6.61. The number of rotatable bonds is 6. The molecule has 128 valence electrons. The van der Waals surface area contributed by atoms with Gasteiger partial charge in [-0.05, 0) is 31.5 Å². The third kappa shape index (κ3) is 5.07. The third-order valence-electron chi connectivity index (χ3n) is 4.07. The Morgan fingerprint density at radius 1 is 1.48 bits per heavy atom. The van der Waals surface area contributed by atoms with Crippen molar-refractivity contribution in [2.24, 2.45) is 0 Å². The molecule has 0 bridgehead atoms. The van der Waals surface area contributed by atoms with Crippen molar-refractivity contribution in [3.05, 3.63) is 24.0 Å². The van der Waals surface area contributed by atoms with Crippen LogP contribution in [0.5, 0.6) is 5.75 Å². The fraction of sp³-hybridized carbons (Fsp3) is 0.562. The highest BCUT2D eigenvalue weighted by atomic mass is 19.1. The number of urea groups is 1. The van der Waals surface area contributed by atoms with Crippen LogP contribution in [0.25, 0.3) is 0 Å². The highest BCUT2D eigenvalue weighted by molar-refractivity contribution is 5.89. The van der Waals surface area contributed by atoms with Gasteiger partial charge in [0.1, 0.15) is 11.6 Å². The molecule has 0 aliphatic carbocycles. The number of anilines is 1. The number of carbonyl (C=O) groups excluding carboxylic acids is 1. The molecule has 1 atom stereocenters. The summed E-state index contributed by atoms with van der Waals surface area (Å²) in [4.78, 5) is 14.0. The van der Waals surface area contributed by atoms with Gasteiger partial charge in [0.2, 0.25) is 0 Å².